The van der Waals surface area contributed by atoms with E-state index >= 15 is 0 Å². The molecule has 0 fully saturated rings. The second-order valence-electron chi connectivity index (χ2n) is 7.53. The van der Waals surface area contributed by atoms with Gasteiger partial charge in [0.15, 0.2) is 11.5 Å². The number of fused-ring (bicyclic) bond motifs is 1. The predicted molar refractivity (Wildman–Crippen MR) is 109 cm³/mol. The number of rotatable bonds is 10. The van der Waals surface area contributed by atoms with Gasteiger partial charge in [-0.2, -0.15) is 0 Å². The van der Waals surface area contributed by atoms with Gasteiger partial charge in [-0.05, 0) is 24.0 Å². The number of ether oxygens (including phenoxy) is 2. The molecule has 0 saturated heterocycles. The minimum Gasteiger partial charge on any atom is -0.493 e. The molecule has 0 radical (unpaired) electrons. The third-order valence-electron chi connectivity index (χ3n) is 4.22. The Morgan fingerprint density at radius 3 is 2.35 bits per heavy atom. The molecule has 26 heavy (non-hydrogen) atoms. The molecule has 144 valence electrons. The molecule has 1 N–H and O–H groups in total. The molecule has 0 aliphatic carbocycles. The van der Waals surface area contributed by atoms with Crippen molar-refractivity contribution in [3.63, 3.8) is 0 Å². The summed E-state index contributed by atoms with van der Waals surface area (Å²) in [5.41, 5.74) is 1.89. The first-order valence-corrected chi connectivity index (χ1v) is 9.42. The molecule has 0 amide bonds. The number of hydrogen-bond donors (Lipinski definition) is 1. The standard InChI is InChI=1S/C21H33N3O2/c1-15(2)13-24(14-16(3)4)11-10-22-18-12-19(25-5)21(26-6)17-8-7-9-23-20(17)18/h7-9,12,15-16,22H,10-11,13-14H2,1-6H3. The Kier molecular flexibility index (Phi) is 7.51. The monoisotopic (exact) mass is 359 g/mol. The first kappa shape index (κ1) is 20.3. The van der Waals surface area contributed by atoms with E-state index in [0.29, 0.717) is 11.8 Å². The van der Waals surface area contributed by atoms with E-state index < -0.39 is 0 Å². The molecule has 0 unspecified atom stereocenters. The summed E-state index contributed by atoms with van der Waals surface area (Å²) in [5, 5.41) is 4.51. The average Bonchev–Trinajstić information content (AvgIpc) is 2.60. The normalized spacial score (nSPS) is 11.6. The smallest absolute Gasteiger partial charge is 0.170 e. The van der Waals surface area contributed by atoms with Gasteiger partial charge in [-0.15, -0.1) is 0 Å². The van der Waals surface area contributed by atoms with Crippen LogP contribution in [0.1, 0.15) is 27.7 Å². The summed E-state index contributed by atoms with van der Waals surface area (Å²) >= 11 is 0. The summed E-state index contributed by atoms with van der Waals surface area (Å²) in [4.78, 5) is 7.07. The molecule has 5 heteroatoms. The van der Waals surface area contributed by atoms with E-state index in [4.69, 9.17) is 9.47 Å². The predicted octanol–water partition coefficient (Wildman–Crippen LogP) is 4.28. The maximum Gasteiger partial charge on any atom is 0.170 e. The van der Waals surface area contributed by atoms with Crippen LogP contribution < -0.4 is 14.8 Å². The van der Waals surface area contributed by atoms with Crippen molar-refractivity contribution in [2.75, 3.05) is 45.7 Å². The lowest BCUT2D eigenvalue weighted by Gasteiger charge is -2.26. The molecule has 1 aromatic heterocycles. The average molecular weight is 360 g/mol. The van der Waals surface area contributed by atoms with Gasteiger partial charge in [0.1, 0.15) is 0 Å². The number of anilines is 1. The third-order valence-corrected chi connectivity index (χ3v) is 4.22. The summed E-state index contributed by atoms with van der Waals surface area (Å²) in [6.45, 7) is 13.2. The summed E-state index contributed by atoms with van der Waals surface area (Å²) in [7, 11) is 3.32. The van der Waals surface area contributed by atoms with E-state index in [1.807, 2.05) is 24.4 Å². The van der Waals surface area contributed by atoms with Gasteiger partial charge in [0.05, 0.1) is 25.4 Å². The van der Waals surface area contributed by atoms with Crippen LogP contribution >= 0.6 is 0 Å². The van der Waals surface area contributed by atoms with Crippen LogP contribution in [0.3, 0.4) is 0 Å². The Labute approximate surface area is 157 Å². The SMILES string of the molecule is COc1cc(NCCN(CC(C)C)CC(C)C)c2ncccc2c1OC. The van der Waals surface area contributed by atoms with Crippen LogP contribution in [0.4, 0.5) is 5.69 Å². The largest absolute Gasteiger partial charge is 0.493 e. The molecule has 2 aromatic rings. The van der Waals surface area contributed by atoms with Crippen molar-refractivity contribution < 1.29 is 9.47 Å². The third kappa shape index (κ3) is 5.24. The summed E-state index contributed by atoms with van der Waals surface area (Å²) in [6, 6.07) is 5.91. The zero-order valence-corrected chi connectivity index (χ0v) is 17.0. The maximum absolute atomic E-state index is 5.53. The van der Waals surface area contributed by atoms with Crippen LogP contribution in [0, 0.1) is 11.8 Å². The van der Waals surface area contributed by atoms with Crippen molar-refractivity contribution in [2.24, 2.45) is 11.8 Å². The zero-order chi connectivity index (χ0) is 19.1. The highest BCUT2D eigenvalue weighted by Crippen LogP contribution is 2.39. The van der Waals surface area contributed by atoms with Gasteiger partial charge in [0, 0.05) is 43.8 Å². The van der Waals surface area contributed by atoms with Crippen LogP contribution in [-0.2, 0) is 0 Å². The Hall–Kier alpha value is -2.01. The van der Waals surface area contributed by atoms with Gasteiger partial charge < -0.3 is 19.7 Å². The molecule has 5 nitrogen and oxygen atoms in total. The van der Waals surface area contributed by atoms with Crippen LogP contribution in [0.5, 0.6) is 11.5 Å². The molecule has 0 bridgehead atoms. The fourth-order valence-electron chi connectivity index (χ4n) is 3.34. The molecule has 0 saturated carbocycles. The summed E-state index contributed by atoms with van der Waals surface area (Å²) < 4.78 is 11.0. The number of nitrogens with zero attached hydrogens (tertiary/aromatic N) is 2. The van der Waals surface area contributed by atoms with Crippen LogP contribution in [0.25, 0.3) is 10.9 Å². The topological polar surface area (TPSA) is 46.6 Å². The number of methoxy groups -OCH3 is 2. The molecule has 0 aliphatic rings. The van der Waals surface area contributed by atoms with E-state index in [9.17, 15) is 0 Å². The van der Waals surface area contributed by atoms with Crippen molar-refractivity contribution in [2.45, 2.75) is 27.7 Å². The minimum absolute atomic E-state index is 0.664. The molecule has 0 atom stereocenters. The minimum atomic E-state index is 0.664. The lowest BCUT2D eigenvalue weighted by atomic mass is 10.1. The van der Waals surface area contributed by atoms with E-state index in [-0.39, 0.29) is 0 Å². The van der Waals surface area contributed by atoms with Crippen LogP contribution in [0.15, 0.2) is 24.4 Å². The highest BCUT2D eigenvalue weighted by atomic mass is 16.5. The lowest BCUT2D eigenvalue weighted by Crippen LogP contribution is -2.35. The molecule has 1 heterocycles. The Balaban J connectivity index is 2.17. The van der Waals surface area contributed by atoms with Gasteiger partial charge in [-0.1, -0.05) is 27.7 Å². The number of aromatic nitrogens is 1. The molecular weight excluding hydrogens is 326 g/mol. The van der Waals surface area contributed by atoms with Gasteiger partial charge >= 0.3 is 0 Å². The number of nitrogens with one attached hydrogen (secondary N) is 1. The highest BCUT2D eigenvalue weighted by molar-refractivity contribution is 5.97. The van der Waals surface area contributed by atoms with Gasteiger partial charge in [0.2, 0.25) is 0 Å². The van der Waals surface area contributed by atoms with Crippen molar-refractivity contribution in [3.05, 3.63) is 24.4 Å². The molecule has 1 aromatic carbocycles. The van der Waals surface area contributed by atoms with E-state index in [2.05, 4.69) is 42.9 Å². The first-order valence-electron chi connectivity index (χ1n) is 9.42. The number of hydrogen-bond acceptors (Lipinski definition) is 5. The van der Waals surface area contributed by atoms with Crippen molar-refractivity contribution in [3.8, 4) is 11.5 Å². The summed E-state index contributed by atoms with van der Waals surface area (Å²) in [5.74, 6) is 2.77. The molecule has 2 rings (SSSR count). The lowest BCUT2D eigenvalue weighted by molar-refractivity contribution is 0.227. The van der Waals surface area contributed by atoms with Crippen LogP contribution in [-0.4, -0.2) is 50.3 Å². The van der Waals surface area contributed by atoms with Crippen molar-refractivity contribution in [1.29, 1.82) is 0 Å². The summed E-state index contributed by atoms with van der Waals surface area (Å²) in [6.07, 6.45) is 1.81. The molecular formula is C21H33N3O2. The number of pyridine rings is 1. The Morgan fingerprint density at radius 1 is 1.08 bits per heavy atom. The fraction of sp³-hybridized carbons (Fsp3) is 0.571. The van der Waals surface area contributed by atoms with Gasteiger partial charge in [-0.25, -0.2) is 0 Å². The quantitative estimate of drug-likeness (QED) is 0.686. The Morgan fingerprint density at radius 2 is 1.77 bits per heavy atom. The Bertz CT molecular complexity index is 691. The molecule has 0 spiro atoms. The first-order chi connectivity index (χ1) is 12.5. The number of benzene rings is 1. The van der Waals surface area contributed by atoms with Crippen LogP contribution in [0.2, 0.25) is 0 Å². The molecule has 0 aliphatic heterocycles. The van der Waals surface area contributed by atoms with E-state index in [0.717, 1.165) is 54.3 Å². The van der Waals surface area contributed by atoms with Gasteiger partial charge in [-0.3, -0.25) is 4.98 Å². The van der Waals surface area contributed by atoms with E-state index in [1.54, 1.807) is 14.2 Å². The van der Waals surface area contributed by atoms with Crippen molar-refractivity contribution >= 4 is 16.6 Å². The second-order valence-corrected chi connectivity index (χ2v) is 7.53. The fourth-order valence-corrected chi connectivity index (χ4v) is 3.34. The van der Waals surface area contributed by atoms with Crippen molar-refractivity contribution in [1.82, 2.24) is 9.88 Å². The van der Waals surface area contributed by atoms with Gasteiger partial charge in [0.25, 0.3) is 0 Å². The van der Waals surface area contributed by atoms with E-state index in [1.165, 1.54) is 0 Å². The highest BCUT2D eigenvalue weighted by Gasteiger charge is 2.15. The maximum atomic E-state index is 5.53. The zero-order valence-electron chi connectivity index (χ0n) is 17.0. The second kappa shape index (κ2) is 9.62.